The van der Waals surface area contributed by atoms with Crippen molar-refractivity contribution in [2.24, 2.45) is 0 Å². The molecule has 0 aromatic heterocycles. The minimum absolute atomic E-state index is 0.00429. The summed E-state index contributed by atoms with van der Waals surface area (Å²) in [4.78, 5) is 0. The molecule has 17 heavy (non-hydrogen) atoms. The first-order valence-corrected chi connectivity index (χ1v) is 6.42. The number of benzene rings is 1. The van der Waals surface area contributed by atoms with E-state index in [0.717, 1.165) is 25.8 Å². The highest BCUT2D eigenvalue weighted by atomic mass is 35.5. The van der Waals surface area contributed by atoms with Crippen LogP contribution in [-0.4, -0.2) is 17.7 Å². The average Bonchev–Trinajstić information content (AvgIpc) is 2.55. The maximum absolute atomic E-state index is 13.2. The van der Waals surface area contributed by atoms with Crippen LogP contribution in [-0.2, 0) is 0 Å². The SMILES string of the molecule is OC(c1cc(F)cc(Cl)c1)C1CCCCCN1. The van der Waals surface area contributed by atoms with Gasteiger partial charge in [-0.2, -0.15) is 0 Å². The zero-order chi connectivity index (χ0) is 12.3. The van der Waals surface area contributed by atoms with Gasteiger partial charge in [0.2, 0.25) is 0 Å². The molecule has 1 aliphatic rings. The molecule has 94 valence electrons. The zero-order valence-electron chi connectivity index (χ0n) is 9.63. The molecule has 2 nitrogen and oxygen atoms in total. The maximum atomic E-state index is 13.2. The number of hydrogen-bond acceptors (Lipinski definition) is 2. The predicted octanol–water partition coefficient (Wildman–Crippen LogP) is 3.04. The van der Waals surface area contributed by atoms with Gasteiger partial charge in [-0.3, -0.25) is 0 Å². The van der Waals surface area contributed by atoms with Crippen LogP contribution in [0.25, 0.3) is 0 Å². The van der Waals surface area contributed by atoms with Gasteiger partial charge in [0.1, 0.15) is 5.82 Å². The first-order chi connectivity index (χ1) is 8.16. The van der Waals surface area contributed by atoms with Crippen molar-refractivity contribution in [3.8, 4) is 0 Å². The lowest BCUT2D eigenvalue weighted by Crippen LogP contribution is -2.34. The fourth-order valence-electron chi connectivity index (χ4n) is 2.30. The number of aliphatic hydroxyl groups is 1. The summed E-state index contributed by atoms with van der Waals surface area (Å²) in [5, 5.41) is 13.9. The maximum Gasteiger partial charge on any atom is 0.125 e. The Balaban J connectivity index is 2.14. The topological polar surface area (TPSA) is 32.3 Å². The van der Waals surface area contributed by atoms with Crippen molar-refractivity contribution in [3.05, 3.63) is 34.6 Å². The van der Waals surface area contributed by atoms with Gasteiger partial charge < -0.3 is 10.4 Å². The molecule has 1 aliphatic heterocycles. The lowest BCUT2D eigenvalue weighted by molar-refractivity contribution is 0.126. The highest BCUT2D eigenvalue weighted by molar-refractivity contribution is 6.30. The summed E-state index contributed by atoms with van der Waals surface area (Å²) in [7, 11) is 0. The van der Waals surface area contributed by atoms with Crippen molar-refractivity contribution in [2.45, 2.75) is 37.8 Å². The van der Waals surface area contributed by atoms with E-state index in [1.54, 1.807) is 6.07 Å². The van der Waals surface area contributed by atoms with Crippen molar-refractivity contribution >= 4 is 11.6 Å². The fraction of sp³-hybridized carbons (Fsp3) is 0.538. The van der Waals surface area contributed by atoms with Gasteiger partial charge in [-0.1, -0.05) is 24.4 Å². The quantitative estimate of drug-likeness (QED) is 0.854. The summed E-state index contributed by atoms with van der Waals surface area (Å²) in [6, 6.07) is 4.22. The molecule has 0 radical (unpaired) electrons. The lowest BCUT2D eigenvalue weighted by Gasteiger charge is -2.22. The van der Waals surface area contributed by atoms with Crippen molar-refractivity contribution in [2.75, 3.05) is 6.54 Å². The molecule has 1 saturated heterocycles. The molecular formula is C13H17ClFNO. The third-order valence-electron chi connectivity index (χ3n) is 3.21. The second-order valence-corrected chi connectivity index (χ2v) is 4.99. The molecule has 1 heterocycles. The van der Waals surface area contributed by atoms with Crippen LogP contribution in [0.3, 0.4) is 0 Å². The molecule has 2 atom stereocenters. The molecule has 1 aromatic rings. The molecular weight excluding hydrogens is 241 g/mol. The second kappa shape index (κ2) is 5.80. The molecule has 0 amide bonds. The Hall–Kier alpha value is -0.640. The van der Waals surface area contributed by atoms with Gasteiger partial charge in [0, 0.05) is 11.1 Å². The number of nitrogens with one attached hydrogen (secondary N) is 1. The summed E-state index contributed by atoms with van der Waals surface area (Å²) >= 11 is 5.79. The largest absolute Gasteiger partial charge is 0.387 e. The molecule has 2 unspecified atom stereocenters. The van der Waals surface area contributed by atoms with E-state index in [0.29, 0.717) is 10.6 Å². The summed E-state index contributed by atoms with van der Waals surface area (Å²) in [6.07, 6.45) is 3.63. The molecule has 0 saturated carbocycles. The van der Waals surface area contributed by atoms with Crippen molar-refractivity contribution in [1.82, 2.24) is 5.32 Å². The van der Waals surface area contributed by atoms with Crippen LogP contribution in [0.15, 0.2) is 18.2 Å². The normalized spacial score (nSPS) is 23.1. The van der Waals surface area contributed by atoms with Crippen LogP contribution >= 0.6 is 11.6 Å². The third kappa shape index (κ3) is 3.41. The van der Waals surface area contributed by atoms with E-state index in [4.69, 9.17) is 11.6 Å². The van der Waals surface area contributed by atoms with E-state index in [1.807, 2.05) is 0 Å². The van der Waals surface area contributed by atoms with Crippen LogP contribution in [0, 0.1) is 5.82 Å². The Kier molecular flexibility index (Phi) is 4.37. The van der Waals surface area contributed by atoms with E-state index in [9.17, 15) is 9.50 Å². The number of hydrogen-bond donors (Lipinski definition) is 2. The summed E-state index contributed by atoms with van der Waals surface area (Å²) < 4.78 is 13.2. The van der Waals surface area contributed by atoms with E-state index >= 15 is 0 Å². The minimum atomic E-state index is -0.693. The molecule has 2 rings (SSSR count). The Morgan fingerprint density at radius 3 is 2.88 bits per heavy atom. The van der Waals surface area contributed by atoms with E-state index in [1.165, 1.54) is 18.6 Å². The first-order valence-electron chi connectivity index (χ1n) is 6.04. The van der Waals surface area contributed by atoms with Crippen LogP contribution < -0.4 is 5.32 Å². The van der Waals surface area contributed by atoms with Gasteiger partial charge in [0.15, 0.2) is 0 Å². The molecule has 0 spiro atoms. The molecule has 2 N–H and O–H groups in total. The Labute approximate surface area is 106 Å². The van der Waals surface area contributed by atoms with Gasteiger partial charge in [0.05, 0.1) is 6.10 Å². The van der Waals surface area contributed by atoms with Crippen molar-refractivity contribution in [1.29, 1.82) is 0 Å². The van der Waals surface area contributed by atoms with Crippen molar-refractivity contribution < 1.29 is 9.50 Å². The fourth-order valence-corrected chi connectivity index (χ4v) is 2.53. The van der Waals surface area contributed by atoms with E-state index in [2.05, 4.69) is 5.32 Å². The van der Waals surface area contributed by atoms with Gasteiger partial charge in [-0.05, 0) is 43.1 Å². The molecule has 1 fully saturated rings. The smallest absolute Gasteiger partial charge is 0.125 e. The summed E-state index contributed by atoms with van der Waals surface area (Å²) in [5.41, 5.74) is 0.550. The first kappa shape index (κ1) is 12.8. The van der Waals surface area contributed by atoms with Crippen LogP contribution in [0.4, 0.5) is 4.39 Å². The highest BCUT2D eigenvalue weighted by Gasteiger charge is 2.22. The highest BCUT2D eigenvalue weighted by Crippen LogP contribution is 2.25. The summed E-state index contributed by atoms with van der Waals surface area (Å²) in [6.45, 7) is 0.908. The van der Waals surface area contributed by atoms with Crippen molar-refractivity contribution in [3.63, 3.8) is 0 Å². The minimum Gasteiger partial charge on any atom is -0.387 e. The molecule has 4 heteroatoms. The summed E-state index contributed by atoms with van der Waals surface area (Å²) in [5.74, 6) is -0.403. The van der Waals surface area contributed by atoms with Crippen LogP contribution in [0.1, 0.15) is 37.4 Å². The molecule has 0 bridgehead atoms. The third-order valence-corrected chi connectivity index (χ3v) is 3.42. The predicted molar refractivity (Wildman–Crippen MR) is 66.6 cm³/mol. The standard InChI is InChI=1S/C13H17ClFNO/c14-10-6-9(7-11(15)8-10)13(17)12-4-2-1-3-5-16-12/h6-8,12-13,16-17H,1-5H2. The zero-order valence-corrected chi connectivity index (χ0v) is 10.4. The van der Waals surface area contributed by atoms with Gasteiger partial charge in [-0.25, -0.2) is 4.39 Å². The number of halogens is 2. The van der Waals surface area contributed by atoms with E-state index < -0.39 is 11.9 Å². The number of aliphatic hydroxyl groups excluding tert-OH is 1. The second-order valence-electron chi connectivity index (χ2n) is 4.56. The van der Waals surface area contributed by atoms with Gasteiger partial charge in [0.25, 0.3) is 0 Å². The Morgan fingerprint density at radius 1 is 1.29 bits per heavy atom. The average molecular weight is 258 g/mol. The lowest BCUT2D eigenvalue weighted by atomic mass is 9.98. The molecule has 0 aliphatic carbocycles. The molecule has 1 aromatic carbocycles. The van der Waals surface area contributed by atoms with Crippen LogP contribution in [0.5, 0.6) is 0 Å². The van der Waals surface area contributed by atoms with Gasteiger partial charge >= 0.3 is 0 Å². The monoisotopic (exact) mass is 257 g/mol. The van der Waals surface area contributed by atoms with E-state index in [-0.39, 0.29) is 6.04 Å². The van der Waals surface area contributed by atoms with Crippen LogP contribution in [0.2, 0.25) is 5.02 Å². The van der Waals surface area contributed by atoms with Gasteiger partial charge in [-0.15, -0.1) is 0 Å². The Morgan fingerprint density at radius 2 is 2.12 bits per heavy atom. The number of rotatable bonds is 2. The Bertz CT molecular complexity index is 357.